The van der Waals surface area contributed by atoms with Crippen LogP contribution in [0.5, 0.6) is 0 Å². The molecule has 0 aliphatic carbocycles. The van der Waals surface area contributed by atoms with Gasteiger partial charge in [0.15, 0.2) is 0 Å². The molecule has 0 radical (unpaired) electrons. The largest absolute Gasteiger partial charge is 0.481 e. The van der Waals surface area contributed by atoms with E-state index in [-0.39, 0.29) is 0 Å². The van der Waals surface area contributed by atoms with E-state index in [0.29, 0.717) is 18.6 Å². The quantitative estimate of drug-likeness (QED) is 0.611. The Labute approximate surface area is 150 Å². The third kappa shape index (κ3) is 6.03. The molecule has 1 aromatic carbocycles. The first-order chi connectivity index (χ1) is 12.1. The van der Waals surface area contributed by atoms with E-state index in [9.17, 15) is 0 Å². The molecule has 0 spiro atoms. The van der Waals surface area contributed by atoms with Crippen molar-refractivity contribution in [1.82, 2.24) is 4.90 Å². The third-order valence-corrected chi connectivity index (χ3v) is 4.46. The summed E-state index contributed by atoms with van der Waals surface area (Å²) >= 11 is 0. The third-order valence-electron chi connectivity index (χ3n) is 4.46. The maximum atomic E-state index is 6.10. The lowest BCUT2D eigenvalue weighted by Crippen LogP contribution is -2.38. The van der Waals surface area contributed by atoms with Gasteiger partial charge < -0.3 is 15.2 Å². The highest BCUT2D eigenvalue weighted by Crippen LogP contribution is 2.18. The lowest BCUT2D eigenvalue weighted by atomic mass is 10.1. The summed E-state index contributed by atoms with van der Waals surface area (Å²) < 4.78 is 11.4. The molecule has 2 N–H and O–H groups in total. The maximum Gasteiger partial charge on any atom is 0.216 e. The molecular weight excluding hydrogens is 314 g/mol. The molecule has 0 unspecified atom stereocenters. The van der Waals surface area contributed by atoms with Crippen LogP contribution in [0.1, 0.15) is 24.0 Å². The average Bonchev–Trinajstić information content (AvgIpc) is 2.63. The Morgan fingerprint density at radius 1 is 1.36 bits per heavy atom. The summed E-state index contributed by atoms with van der Waals surface area (Å²) in [6.45, 7) is 9.61. The van der Waals surface area contributed by atoms with E-state index >= 15 is 0 Å². The number of benzene rings is 1. The van der Waals surface area contributed by atoms with E-state index in [2.05, 4.69) is 47.7 Å². The Balaban J connectivity index is 1.76. The normalized spacial score (nSPS) is 17.1. The molecule has 5 heteroatoms. The van der Waals surface area contributed by atoms with Crippen LogP contribution in [0.25, 0.3) is 0 Å². The first-order valence-electron chi connectivity index (χ1n) is 8.69. The van der Waals surface area contributed by atoms with Crippen LogP contribution in [0.15, 0.2) is 53.8 Å². The summed E-state index contributed by atoms with van der Waals surface area (Å²) in [6, 6.07) is 8.39. The van der Waals surface area contributed by atoms with Crippen LogP contribution in [-0.2, 0) is 16.1 Å². The number of methoxy groups -OCH3 is 1. The molecule has 1 aromatic rings. The highest BCUT2D eigenvalue weighted by molar-refractivity contribution is 5.93. The van der Waals surface area contributed by atoms with Crippen molar-refractivity contribution >= 4 is 5.90 Å². The number of nitrogens with zero attached hydrogens (tertiary/aromatic N) is 2. The maximum absolute atomic E-state index is 6.10. The molecule has 1 aliphatic heterocycles. The number of aryl methyl sites for hydroxylation is 1. The van der Waals surface area contributed by atoms with Gasteiger partial charge in [-0.15, -0.1) is 0 Å². The first kappa shape index (κ1) is 19.2. The number of hydrogen-bond acceptors (Lipinski definition) is 5. The molecule has 0 bridgehead atoms. The van der Waals surface area contributed by atoms with Gasteiger partial charge in [0, 0.05) is 37.6 Å². The van der Waals surface area contributed by atoms with Crippen LogP contribution in [0.2, 0.25) is 0 Å². The fourth-order valence-corrected chi connectivity index (χ4v) is 2.95. The van der Waals surface area contributed by atoms with Crippen molar-refractivity contribution in [1.29, 1.82) is 0 Å². The molecule has 0 atom stereocenters. The van der Waals surface area contributed by atoms with Crippen LogP contribution in [0.3, 0.4) is 0 Å². The minimum atomic E-state index is 0.319. The zero-order valence-electron chi connectivity index (χ0n) is 15.3. The molecular formula is C20H29N3O2. The summed E-state index contributed by atoms with van der Waals surface area (Å²) in [5.41, 5.74) is 8.73. The lowest BCUT2D eigenvalue weighted by Gasteiger charge is -2.32. The number of aliphatic imine (C=N–C) groups is 1. The van der Waals surface area contributed by atoms with E-state index in [1.165, 1.54) is 23.5 Å². The van der Waals surface area contributed by atoms with Crippen LogP contribution < -0.4 is 5.73 Å². The number of nitrogens with two attached hydrogens (primary N) is 1. The molecule has 0 aromatic heterocycles. The summed E-state index contributed by atoms with van der Waals surface area (Å²) in [5, 5.41) is 0. The molecule has 5 nitrogen and oxygen atoms in total. The van der Waals surface area contributed by atoms with Gasteiger partial charge in [0.25, 0.3) is 0 Å². The predicted octanol–water partition coefficient (Wildman–Crippen LogP) is 3.01. The fraction of sp³-hybridized carbons (Fsp3) is 0.450. The highest BCUT2D eigenvalue weighted by atomic mass is 16.5. The van der Waals surface area contributed by atoms with Gasteiger partial charge in [0.1, 0.15) is 0 Å². The van der Waals surface area contributed by atoms with Crippen molar-refractivity contribution in [3.63, 3.8) is 0 Å². The fourth-order valence-electron chi connectivity index (χ4n) is 2.95. The van der Waals surface area contributed by atoms with E-state index in [0.717, 1.165) is 38.0 Å². The second-order valence-electron chi connectivity index (χ2n) is 6.30. The first-order valence-corrected chi connectivity index (χ1v) is 8.69. The van der Waals surface area contributed by atoms with E-state index in [4.69, 9.17) is 15.2 Å². The van der Waals surface area contributed by atoms with Gasteiger partial charge >= 0.3 is 0 Å². The molecule has 0 amide bonds. The summed E-state index contributed by atoms with van der Waals surface area (Å²) in [5.74, 6) is 0.527. The molecule has 1 heterocycles. The molecule has 0 saturated carbocycles. The van der Waals surface area contributed by atoms with Gasteiger partial charge in [0.2, 0.25) is 5.90 Å². The van der Waals surface area contributed by atoms with Crippen LogP contribution >= 0.6 is 0 Å². The Morgan fingerprint density at radius 2 is 2.08 bits per heavy atom. The van der Waals surface area contributed by atoms with Gasteiger partial charge in [-0.05, 0) is 30.9 Å². The number of likely N-dealkylation sites (tertiary alicyclic amines) is 1. The summed E-state index contributed by atoms with van der Waals surface area (Å²) in [7, 11) is 1.60. The Morgan fingerprint density at radius 3 is 2.72 bits per heavy atom. The zero-order valence-corrected chi connectivity index (χ0v) is 15.3. The molecule has 136 valence electrons. The second-order valence-corrected chi connectivity index (χ2v) is 6.30. The minimum Gasteiger partial charge on any atom is -0.481 e. The molecule has 1 aliphatic rings. The number of piperidine rings is 1. The van der Waals surface area contributed by atoms with Crippen LogP contribution in [-0.4, -0.2) is 43.6 Å². The van der Waals surface area contributed by atoms with Gasteiger partial charge in [0.05, 0.1) is 19.8 Å². The van der Waals surface area contributed by atoms with E-state index in [1.54, 1.807) is 7.11 Å². The lowest BCUT2D eigenvalue weighted by molar-refractivity contribution is -0.000821. The van der Waals surface area contributed by atoms with Crippen molar-refractivity contribution < 1.29 is 9.47 Å². The van der Waals surface area contributed by atoms with Crippen molar-refractivity contribution in [2.24, 2.45) is 10.7 Å². The van der Waals surface area contributed by atoms with Crippen molar-refractivity contribution in [2.75, 3.05) is 26.7 Å². The highest BCUT2D eigenvalue weighted by Gasteiger charge is 2.21. The van der Waals surface area contributed by atoms with Crippen molar-refractivity contribution in [3.8, 4) is 0 Å². The Bertz CT molecular complexity index is 617. The second kappa shape index (κ2) is 10.0. The molecule has 25 heavy (non-hydrogen) atoms. The Hall–Kier alpha value is -2.11. The van der Waals surface area contributed by atoms with Crippen molar-refractivity contribution in [2.45, 2.75) is 32.5 Å². The van der Waals surface area contributed by atoms with Gasteiger partial charge in [-0.25, -0.2) is 4.99 Å². The number of ether oxygens (including phenoxy) is 2. The van der Waals surface area contributed by atoms with Gasteiger partial charge in [-0.2, -0.15) is 0 Å². The van der Waals surface area contributed by atoms with Crippen molar-refractivity contribution in [3.05, 3.63) is 59.9 Å². The monoisotopic (exact) mass is 343 g/mol. The topological polar surface area (TPSA) is 60.1 Å². The number of rotatable bonds is 7. The zero-order chi connectivity index (χ0) is 18.1. The smallest absolute Gasteiger partial charge is 0.216 e. The summed E-state index contributed by atoms with van der Waals surface area (Å²) in [4.78, 5) is 6.51. The van der Waals surface area contributed by atoms with Gasteiger partial charge in [-0.3, -0.25) is 4.90 Å². The van der Waals surface area contributed by atoms with Crippen LogP contribution in [0.4, 0.5) is 0 Å². The SMILES string of the molecule is C=C(CN1CCC(OCc2ccccc2C)CC1)C(=N/C=C\N)OC. The van der Waals surface area contributed by atoms with E-state index < -0.39 is 0 Å². The van der Waals surface area contributed by atoms with Gasteiger partial charge in [-0.1, -0.05) is 30.8 Å². The summed E-state index contributed by atoms with van der Waals surface area (Å²) in [6.07, 6.45) is 5.27. The standard InChI is InChI=1S/C20H29N3O2/c1-16-6-4-5-7-18(16)15-25-19-8-12-23(13-9-19)14-17(2)20(24-3)22-11-10-21/h4-7,10-11,19H,2,8-9,12-15,21H2,1,3H3/b11-10-,22-20?. The predicted molar refractivity (Wildman–Crippen MR) is 102 cm³/mol. The molecule has 1 saturated heterocycles. The molecule has 2 rings (SSSR count). The minimum absolute atomic E-state index is 0.319. The number of hydrogen-bond donors (Lipinski definition) is 1. The molecule has 1 fully saturated rings. The van der Waals surface area contributed by atoms with E-state index in [1.807, 2.05) is 0 Å². The average molecular weight is 343 g/mol. The Kier molecular flexibility index (Phi) is 7.70. The van der Waals surface area contributed by atoms with Crippen LogP contribution in [0, 0.1) is 6.92 Å².